The number of carbonyl (C=O) groups is 2. The summed E-state index contributed by atoms with van der Waals surface area (Å²) in [7, 11) is 0. The van der Waals surface area contributed by atoms with Crippen molar-refractivity contribution >= 4 is 35.3 Å². The monoisotopic (exact) mass is 306 g/mol. The van der Waals surface area contributed by atoms with Crippen molar-refractivity contribution in [2.75, 3.05) is 13.2 Å². The molecule has 0 aromatic heterocycles. The largest absolute Gasteiger partial charge is 0.481 e. The van der Waals surface area contributed by atoms with Crippen molar-refractivity contribution in [2.24, 2.45) is 0 Å². The fourth-order valence-electron chi connectivity index (χ4n) is 1.71. The Morgan fingerprint density at radius 1 is 1.33 bits per heavy atom. The molecular formula is C14H14N2O4S. The van der Waals surface area contributed by atoms with Crippen molar-refractivity contribution < 1.29 is 19.1 Å². The molecule has 1 fully saturated rings. The molecule has 2 N–H and O–H groups in total. The van der Waals surface area contributed by atoms with E-state index in [0.29, 0.717) is 23.6 Å². The average molecular weight is 306 g/mol. The van der Waals surface area contributed by atoms with Gasteiger partial charge in [0.25, 0.3) is 5.91 Å². The Morgan fingerprint density at radius 3 is 2.76 bits per heavy atom. The van der Waals surface area contributed by atoms with Gasteiger partial charge in [0.15, 0.2) is 11.7 Å². The zero-order valence-corrected chi connectivity index (χ0v) is 12.2. The summed E-state index contributed by atoms with van der Waals surface area (Å²) >= 11 is 4.86. The van der Waals surface area contributed by atoms with Crippen molar-refractivity contribution in [3.63, 3.8) is 0 Å². The molecule has 0 unspecified atom stereocenters. The summed E-state index contributed by atoms with van der Waals surface area (Å²) in [5, 5.41) is 5.48. The predicted molar refractivity (Wildman–Crippen MR) is 80.4 cm³/mol. The molecule has 1 aliphatic rings. The molecule has 110 valence electrons. The van der Waals surface area contributed by atoms with Gasteiger partial charge >= 0.3 is 5.97 Å². The van der Waals surface area contributed by atoms with E-state index in [1.807, 2.05) is 0 Å². The molecule has 1 saturated heterocycles. The highest BCUT2D eigenvalue weighted by molar-refractivity contribution is 7.80. The quantitative estimate of drug-likeness (QED) is 0.480. The first-order chi connectivity index (χ1) is 10.1. The minimum atomic E-state index is -0.446. The molecular weight excluding hydrogens is 292 g/mol. The highest BCUT2D eigenvalue weighted by Crippen LogP contribution is 2.21. The summed E-state index contributed by atoms with van der Waals surface area (Å²) in [6.45, 7) is 1.84. The van der Waals surface area contributed by atoms with Crippen molar-refractivity contribution in [3.8, 4) is 5.75 Å². The maximum Gasteiger partial charge on any atom is 0.344 e. The SMILES string of the molecule is CCOC(=O)COc1ccccc1C=C1NC(=S)NC1=O. The molecule has 0 radical (unpaired) electrons. The molecule has 21 heavy (non-hydrogen) atoms. The smallest absolute Gasteiger partial charge is 0.344 e. The van der Waals surface area contributed by atoms with Gasteiger partial charge in [-0.05, 0) is 31.3 Å². The lowest BCUT2D eigenvalue weighted by molar-refractivity contribution is -0.145. The van der Waals surface area contributed by atoms with Crippen LogP contribution in [0.25, 0.3) is 6.08 Å². The molecule has 2 rings (SSSR count). The van der Waals surface area contributed by atoms with Gasteiger partial charge in [-0.2, -0.15) is 0 Å². The Hall–Kier alpha value is -2.41. The Morgan fingerprint density at radius 2 is 2.10 bits per heavy atom. The lowest BCUT2D eigenvalue weighted by atomic mass is 10.1. The summed E-state index contributed by atoms with van der Waals surface area (Å²) in [4.78, 5) is 22.9. The number of carbonyl (C=O) groups excluding carboxylic acids is 2. The molecule has 1 amide bonds. The maximum absolute atomic E-state index is 11.6. The van der Waals surface area contributed by atoms with Gasteiger partial charge in [-0.15, -0.1) is 0 Å². The molecule has 6 nitrogen and oxygen atoms in total. The van der Waals surface area contributed by atoms with E-state index >= 15 is 0 Å². The van der Waals surface area contributed by atoms with E-state index in [9.17, 15) is 9.59 Å². The van der Waals surface area contributed by atoms with Crippen LogP contribution in [0.2, 0.25) is 0 Å². The van der Waals surface area contributed by atoms with E-state index in [4.69, 9.17) is 21.7 Å². The van der Waals surface area contributed by atoms with Crippen LogP contribution in [-0.2, 0) is 14.3 Å². The number of ether oxygens (including phenoxy) is 2. The number of hydrogen-bond donors (Lipinski definition) is 2. The lowest BCUT2D eigenvalue weighted by Crippen LogP contribution is -2.21. The van der Waals surface area contributed by atoms with Crippen LogP contribution < -0.4 is 15.4 Å². The van der Waals surface area contributed by atoms with Crippen LogP contribution in [0, 0.1) is 0 Å². The van der Waals surface area contributed by atoms with Crippen LogP contribution in [0.15, 0.2) is 30.0 Å². The number of nitrogens with one attached hydrogen (secondary N) is 2. The van der Waals surface area contributed by atoms with E-state index in [-0.39, 0.29) is 17.6 Å². The van der Waals surface area contributed by atoms with Gasteiger partial charge in [-0.3, -0.25) is 10.1 Å². The van der Waals surface area contributed by atoms with E-state index in [0.717, 1.165) is 0 Å². The zero-order chi connectivity index (χ0) is 15.2. The first kappa shape index (κ1) is 15.0. The average Bonchev–Trinajstić information content (AvgIpc) is 2.76. The summed E-state index contributed by atoms with van der Waals surface area (Å²) in [5.41, 5.74) is 0.983. The molecule has 1 aliphatic heterocycles. The lowest BCUT2D eigenvalue weighted by Gasteiger charge is -2.08. The summed E-state index contributed by atoms with van der Waals surface area (Å²) in [6, 6.07) is 7.05. The summed E-state index contributed by atoms with van der Waals surface area (Å²) in [6.07, 6.45) is 1.61. The fourth-order valence-corrected chi connectivity index (χ4v) is 1.91. The first-order valence-electron chi connectivity index (χ1n) is 6.31. The van der Waals surface area contributed by atoms with Gasteiger partial charge in [0.05, 0.1) is 6.61 Å². The minimum Gasteiger partial charge on any atom is -0.481 e. The highest BCUT2D eigenvalue weighted by atomic mass is 32.1. The molecule has 0 saturated carbocycles. The Labute approximate surface area is 127 Å². The number of amides is 1. The van der Waals surface area contributed by atoms with Crippen LogP contribution in [0.3, 0.4) is 0 Å². The highest BCUT2D eigenvalue weighted by Gasteiger charge is 2.20. The third-order valence-electron chi connectivity index (χ3n) is 2.59. The molecule has 0 spiro atoms. The minimum absolute atomic E-state index is 0.188. The van der Waals surface area contributed by atoms with E-state index in [1.165, 1.54) is 0 Å². The van der Waals surface area contributed by atoms with Crippen LogP contribution in [0.4, 0.5) is 0 Å². The van der Waals surface area contributed by atoms with Crippen LogP contribution in [-0.4, -0.2) is 30.2 Å². The van der Waals surface area contributed by atoms with E-state index in [1.54, 1.807) is 37.3 Å². The van der Waals surface area contributed by atoms with Crippen molar-refractivity contribution in [1.82, 2.24) is 10.6 Å². The summed E-state index contributed by atoms with van der Waals surface area (Å²) in [5.74, 6) is -0.275. The van der Waals surface area contributed by atoms with Gasteiger partial charge in [0, 0.05) is 5.56 Å². The first-order valence-corrected chi connectivity index (χ1v) is 6.72. The molecule has 0 atom stereocenters. The Kier molecular flexibility index (Phi) is 4.89. The normalized spacial score (nSPS) is 15.6. The number of benzene rings is 1. The second-order valence-corrected chi connectivity index (χ2v) is 4.51. The molecule has 1 aromatic rings. The molecule has 1 aromatic carbocycles. The predicted octanol–water partition coefficient (Wildman–Crippen LogP) is 0.974. The number of rotatable bonds is 5. The van der Waals surface area contributed by atoms with Gasteiger partial charge in [0.2, 0.25) is 0 Å². The molecule has 0 bridgehead atoms. The van der Waals surface area contributed by atoms with Gasteiger partial charge < -0.3 is 14.8 Å². The fraction of sp³-hybridized carbons (Fsp3) is 0.214. The van der Waals surface area contributed by atoms with Gasteiger partial charge in [-0.1, -0.05) is 18.2 Å². The summed E-state index contributed by atoms with van der Waals surface area (Å²) < 4.78 is 10.2. The maximum atomic E-state index is 11.6. The van der Waals surface area contributed by atoms with Crippen molar-refractivity contribution in [3.05, 3.63) is 35.5 Å². The number of para-hydroxylation sites is 1. The van der Waals surface area contributed by atoms with Gasteiger partial charge in [-0.25, -0.2) is 4.79 Å². The van der Waals surface area contributed by atoms with Crippen LogP contribution in [0.5, 0.6) is 5.75 Å². The van der Waals surface area contributed by atoms with Crippen molar-refractivity contribution in [2.45, 2.75) is 6.92 Å². The number of thiocarbonyl (C=S) groups is 1. The molecule has 1 heterocycles. The van der Waals surface area contributed by atoms with Crippen LogP contribution >= 0.6 is 12.2 Å². The number of esters is 1. The zero-order valence-electron chi connectivity index (χ0n) is 11.3. The van der Waals surface area contributed by atoms with E-state index in [2.05, 4.69) is 10.6 Å². The van der Waals surface area contributed by atoms with Gasteiger partial charge in [0.1, 0.15) is 11.4 Å². The standard InChI is InChI=1S/C14H14N2O4S/c1-2-19-12(17)8-20-11-6-4-3-5-9(11)7-10-13(18)16-14(21)15-10/h3-7H,2,8H2,1H3,(H2,15,16,18,21). The third kappa shape index (κ3) is 4.03. The topological polar surface area (TPSA) is 76.7 Å². The molecule has 0 aliphatic carbocycles. The van der Waals surface area contributed by atoms with E-state index < -0.39 is 5.97 Å². The van der Waals surface area contributed by atoms with Crippen molar-refractivity contribution in [1.29, 1.82) is 0 Å². The number of hydrogen-bond acceptors (Lipinski definition) is 5. The second-order valence-electron chi connectivity index (χ2n) is 4.10. The third-order valence-corrected chi connectivity index (χ3v) is 2.79. The Balaban J connectivity index is 2.14. The molecule has 7 heteroatoms. The van der Waals surface area contributed by atoms with Crippen LogP contribution in [0.1, 0.15) is 12.5 Å². The second kappa shape index (κ2) is 6.85. The Bertz CT molecular complexity index is 613.